The zero-order valence-corrected chi connectivity index (χ0v) is 12.3. The van der Waals surface area contributed by atoms with Crippen molar-refractivity contribution in [1.82, 2.24) is 5.32 Å². The SMILES string of the molecule is O=C(NC1CCC(O)CC1)c1cc(Br)cc([N+](=O)[O-])c1. The van der Waals surface area contributed by atoms with Gasteiger partial charge in [-0.15, -0.1) is 0 Å². The molecular formula is C13H15BrN2O4. The van der Waals surface area contributed by atoms with Crippen molar-refractivity contribution in [3.05, 3.63) is 38.3 Å². The Balaban J connectivity index is 2.07. The molecule has 1 saturated carbocycles. The predicted molar refractivity (Wildman–Crippen MR) is 76.5 cm³/mol. The van der Waals surface area contributed by atoms with Crippen molar-refractivity contribution < 1.29 is 14.8 Å². The second-order valence-corrected chi connectivity index (χ2v) is 5.85. The fraction of sp³-hybridized carbons (Fsp3) is 0.462. The van der Waals surface area contributed by atoms with Gasteiger partial charge in [0.15, 0.2) is 0 Å². The van der Waals surface area contributed by atoms with Crippen LogP contribution in [0.1, 0.15) is 36.0 Å². The minimum atomic E-state index is -0.529. The molecule has 1 aliphatic carbocycles. The average molecular weight is 343 g/mol. The smallest absolute Gasteiger partial charge is 0.271 e. The molecule has 20 heavy (non-hydrogen) atoms. The first-order chi connectivity index (χ1) is 9.45. The number of nitro benzene ring substituents is 1. The van der Waals surface area contributed by atoms with Gasteiger partial charge in [0, 0.05) is 28.2 Å². The summed E-state index contributed by atoms with van der Waals surface area (Å²) < 4.78 is 0.496. The normalized spacial score (nSPS) is 22.3. The number of aliphatic hydroxyl groups excluding tert-OH is 1. The minimum Gasteiger partial charge on any atom is -0.393 e. The molecule has 0 spiro atoms. The summed E-state index contributed by atoms with van der Waals surface area (Å²) in [6.07, 6.45) is 2.51. The molecule has 1 aromatic rings. The monoisotopic (exact) mass is 342 g/mol. The third-order valence-corrected chi connectivity index (χ3v) is 3.85. The number of benzene rings is 1. The zero-order chi connectivity index (χ0) is 14.7. The van der Waals surface area contributed by atoms with E-state index in [9.17, 15) is 20.0 Å². The maximum Gasteiger partial charge on any atom is 0.271 e. The number of halogens is 1. The molecule has 1 aromatic carbocycles. The Morgan fingerprint density at radius 2 is 1.95 bits per heavy atom. The quantitative estimate of drug-likeness (QED) is 0.651. The largest absolute Gasteiger partial charge is 0.393 e. The van der Waals surface area contributed by atoms with Gasteiger partial charge in [0.25, 0.3) is 11.6 Å². The Morgan fingerprint density at radius 3 is 2.55 bits per heavy atom. The number of nitrogens with zero attached hydrogens (tertiary/aromatic N) is 1. The summed E-state index contributed by atoms with van der Waals surface area (Å²) in [6.45, 7) is 0. The number of hydrogen-bond donors (Lipinski definition) is 2. The van der Waals surface area contributed by atoms with Crippen LogP contribution in [-0.2, 0) is 0 Å². The summed E-state index contributed by atoms with van der Waals surface area (Å²) in [4.78, 5) is 22.4. The first-order valence-corrected chi connectivity index (χ1v) is 7.19. The lowest BCUT2D eigenvalue weighted by Gasteiger charge is -2.26. The molecule has 0 unspecified atom stereocenters. The van der Waals surface area contributed by atoms with E-state index < -0.39 is 4.92 Å². The van der Waals surface area contributed by atoms with E-state index in [1.54, 1.807) is 6.07 Å². The van der Waals surface area contributed by atoms with E-state index in [2.05, 4.69) is 21.2 Å². The lowest BCUT2D eigenvalue weighted by atomic mass is 9.93. The summed E-state index contributed by atoms with van der Waals surface area (Å²) in [5.41, 5.74) is 0.140. The molecule has 1 amide bonds. The van der Waals surface area contributed by atoms with E-state index in [4.69, 9.17) is 0 Å². The molecule has 0 radical (unpaired) electrons. The molecule has 7 heteroatoms. The molecule has 2 N–H and O–H groups in total. The molecule has 6 nitrogen and oxygen atoms in total. The van der Waals surface area contributed by atoms with Crippen molar-refractivity contribution in [3.63, 3.8) is 0 Å². The molecule has 0 heterocycles. The number of carbonyl (C=O) groups excluding carboxylic acids is 1. The number of amides is 1. The van der Waals surface area contributed by atoms with Crippen LogP contribution in [0.5, 0.6) is 0 Å². The number of aliphatic hydroxyl groups is 1. The van der Waals surface area contributed by atoms with Gasteiger partial charge in [0.1, 0.15) is 0 Å². The standard InChI is InChI=1S/C13H15BrN2O4/c14-9-5-8(6-11(7-9)16(19)20)13(18)15-10-1-3-12(17)4-2-10/h5-7,10,12,17H,1-4H2,(H,15,18). The highest BCUT2D eigenvalue weighted by molar-refractivity contribution is 9.10. The third-order valence-electron chi connectivity index (χ3n) is 3.39. The second kappa shape index (κ2) is 6.32. The van der Waals surface area contributed by atoms with Gasteiger partial charge in [-0.2, -0.15) is 0 Å². The van der Waals surface area contributed by atoms with Crippen LogP contribution in [0, 0.1) is 10.1 Å². The van der Waals surface area contributed by atoms with E-state index in [1.807, 2.05) is 0 Å². The van der Waals surface area contributed by atoms with Crippen molar-refractivity contribution in [2.75, 3.05) is 0 Å². The average Bonchev–Trinajstić information content (AvgIpc) is 2.40. The molecule has 0 aliphatic heterocycles. The van der Waals surface area contributed by atoms with E-state index in [0.717, 1.165) is 12.8 Å². The molecule has 0 aromatic heterocycles. The summed E-state index contributed by atoms with van der Waals surface area (Å²) in [5, 5.41) is 23.1. The van der Waals surface area contributed by atoms with Crippen LogP contribution in [0.4, 0.5) is 5.69 Å². The Labute approximate surface area is 124 Å². The van der Waals surface area contributed by atoms with Gasteiger partial charge in [0.05, 0.1) is 11.0 Å². The maximum atomic E-state index is 12.1. The zero-order valence-electron chi connectivity index (χ0n) is 10.7. The molecule has 0 saturated heterocycles. The summed E-state index contributed by atoms with van der Waals surface area (Å²) in [5.74, 6) is -0.323. The predicted octanol–water partition coefficient (Wildman–Crippen LogP) is 2.39. The Kier molecular flexibility index (Phi) is 4.72. The van der Waals surface area contributed by atoms with Crippen LogP contribution < -0.4 is 5.32 Å². The molecule has 1 fully saturated rings. The number of carbonyl (C=O) groups is 1. The molecule has 1 aliphatic rings. The van der Waals surface area contributed by atoms with Crippen LogP contribution in [0.2, 0.25) is 0 Å². The van der Waals surface area contributed by atoms with E-state index >= 15 is 0 Å². The van der Waals surface area contributed by atoms with Gasteiger partial charge < -0.3 is 10.4 Å². The first kappa shape index (κ1) is 14.9. The van der Waals surface area contributed by atoms with Crippen LogP contribution in [-0.4, -0.2) is 28.1 Å². The second-order valence-electron chi connectivity index (χ2n) is 4.93. The summed E-state index contributed by atoms with van der Waals surface area (Å²) in [6, 6.07) is 4.19. The molecule has 0 atom stereocenters. The lowest BCUT2D eigenvalue weighted by Crippen LogP contribution is -2.38. The molecule has 0 bridgehead atoms. The fourth-order valence-electron chi connectivity index (χ4n) is 2.30. The van der Waals surface area contributed by atoms with Crippen molar-refractivity contribution in [2.45, 2.75) is 37.8 Å². The number of non-ortho nitro benzene ring substituents is 1. The Bertz CT molecular complexity index is 527. The third kappa shape index (κ3) is 3.77. The Morgan fingerprint density at radius 1 is 1.30 bits per heavy atom. The van der Waals surface area contributed by atoms with Crippen LogP contribution >= 0.6 is 15.9 Å². The van der Waals surface area contributed by atoms with Crippen molar-refractivity contribution in [2.24, 2.45) is 0 Å². The topological polar surface area (TPSA) is 92.5 Å². The van der Waals surface area contributed by atoms with Gasteiger partial charge in [-0.1, -0.05) is 15.9 Å². The number of hydrogen-bond acceptors (Lipinski definition) is 4. The number of nitro groups is 1. The lowest BCUT2D eigenvalue weighted by molar-refractivity contribution is -0.385. The van der Waals surface area contributed by atoms with Crippen molar-refractivity contribution in [1.29, 1.82) is 0 Å². The Hall–Kier alpha value is -1.47. The highest BCUT2D eigenvalue weighted by atomic mass is 79.9. The van der Waals surface area contributed by atoms with E-state index in [1.165, 1.54) is 12.1 Å². The summed E-state index contributed by atoms with van der Waals surface area (Å²) >= 11 is 3.17. The highest BCUT2D eigenvalue weighted by Gasteiger charge is 2.22. The van der Waals surface area contributed by atoms with Gasteiger partial charge in [-0.3, -0.25) is 14.9 Å². The highest BCUT2D eigenvalue weighted by Crippen LogP contribution is 2.23. The fourth-order valence-corrected chi connectivity index (χ4v) is 2.78. The molecule has 108 valence electrons. The van der Waals surface area contributed by atoms with E-state index in [-0.39, 0.29) is 29.3 Å². The van der Waals surface area contributed by atoms with Crippen molar-refractivity contribution >= 4 is 27.5 Å². The van der Waals surface area contributed by atoms with Gasteiger partial charge in [-0.05, 0) is 31.7 Å². The minimum absolute atomic E-state index is 0.0175. The first-order valence-electron chi connectivity index (χ1n) is 6.39. The van der Waals surface area contributed by atoms with Gasteiger partial charge in [-0.25, -0.2) is 0 Å². The molecule has 2 rings (SSSR count). The van der Waals surface area contributed by atoms with Crippen LogP contribution in [0.25, 0.3) is 0 Å². The van der Waals surface area contributed by atoms with Crippen LogP contribution in [0.3, 0.4) is 0 Å². The summed E-state index contributed by atoms with van der Waals surface area (Å²) in [7, 11) is 0. The van der Waals surface area contributed by atoms with Crippen molar-refractivity contribution in [3.8, 4) is 0 Å². The number of nitrogens with one attached hydrogen (secondary N) is 1. The number of rotatable bonds is 3. The molecular weight excluding hydrogens is 328 g/mol. The van der Waals surface area contributed by atoms with E-state index in [0.29, 0.717) is 17.3 Å². The maximum absolute atomic E-state index is 12.1. The van der Waals surface area contributed by atoms with Gasteiger partial charge in [0.2, 0.25) is 0 Å². The van der Waals surface area contributed by atoms with Crippen LogP contribution in [0.15, 0.2) is 22.7 Å². The van der Waals surface area contributed by atoms with Gasteiger partial charge >= 0.3 is 0 Å².